The molecule has 284 valence electrons. The predicted octanol–water partition coefficient (Wildman–Crippen LogP) is 6.53. The van der Waals surface area contributed by atoms with Gasteiger partial charge >= 0.3 is 43.0 Å². The van der Waals surface area contributed by atoms with Crippen LogP contribution in [0.15, 0.2) is 60.7 Å². The van der Waals surface area contributed by atoms with Crippen LogP contribution in [0.2, 0.25) is 83.6 Å². The molecule has 1 fully saturated rings. The van der Waals surface area contributed by atoms with Crippen LogP contribution >= 0.6 is 0 Å². The SMILES string of the molecule is CO[Si](CC[Si](C)(O[Si](C)(C)C)O[Si](C)(C)O[Si](C)(CCCOCC1CO1)O[Si](O[Si](C)(C)C)(c1ccccc1)c1ccccc1)(OC)OC. The molecule has 0 bridgehead atoms. The third-order valence-corrected chi connectivity index (χ3v) is 33.9. The van der Waals surface area contributed by atoms with Gasteiger partial charge in [-0.3, -0.25) is 0 Å². The molecule has 10 nitrogen and oxygen atoms in total. The first-order chi connectivity index (χ1) is 23.2. The maximum absolute atomic E-state index is 7.70. The van der Waals surface area contributed by atoms with Gasteiger partial charge in [0.2, 0.25) is 0 Å². The summed E-state index contributed by atoms with van der Waals surface area (Å²) in [4.78, 5) is 0. The van der Waals surface area contributed by atoms with E-state index in [1.165, 1.54) is 0 Å². The van der Waals surface area contributed by atoms with Gasteiger partial charge in [-0.25, -0.2) is 0 Å². The molecule has 2 aromatic carbocycles. The van der Waals surface area contributed by atoms with E-state index in [4.69, 9.17) is 43.3 Å². The summed E-state index contributed by atoms with van der Waals surface area (Å²) in [6.07, 6.45) is 1.00. The molecular weight excluding hydrogens is 753 g/mol. The van der Waals surface area contributed by atoms with E-state index in [1.54, 1.807) is 21.3 Å². The molecule has 1 heterocycles. The van der Waals surface area contributed by atoms with E-state index < -0.39 is 59.7 Å². The first-order valence-corrected chi connectivity index (χ1v) is 36.1. The van der Waals surface area contributed by atoms with Crippen molar-refractivity contribution >= 4 is 70.1 Å². The molecule has 17 heteroatoms. The maximum Gasteiger partial charge on any atom is 0.500 e. The predicted molar refractivity (Wildman–Crippen MR) is 217 cm³/mol. The van der Waals surface area contributed by atoms with Gasteiger partial charge < -0.3 is 43.3 Å². The third-order valence-electron chi connectivity index (χ3n) is 8.01. The highest BCUT2D eigenvalue weighted by atomic mass is 28.5. The lowest BCUT2D eigenvalue weighted by Gasteiger charge is -2.46. The average Bonchev–Trinajstić information content (AvgIpc) is 3.85. The van der Waals surface area contributed by atoms with Crippen molar-refractivity contribution in [3.8, 4) is 0 Å². The molecule has 0 amide bonds. The number of epoxide rings is 1. The highest BCUT2D eigenvalue weighted by Crippen LogP contribution is 2.33. The van der Waals surface area contributed by atoms with Crippen molar-refractivity contribution in [2.75, 3.05) is 41.2 Å². The molecule has 3 unspecified atom stereocenters. The summed E-state index contributed by atoms with van der Waals surface area (Å²) >= 11 is 0. The Morgan fingerprint density at radius 3 is 1.46 bits per heavy atom. The van der Waals surface area contributed by atoms with Gasteiger partial charge in [0.25, 0.3) is 0 Å². The van der Waals surface area contributed by atoms with Crippen molar-refractivity contribution in [3.63, 3.8) is 0 Å². The Labute approximate surface area is 310 Å². The van der Waals surface area contributed by atoms with E-state index in [0.29, 0.717) is 31.3 Å². The van der Waals surface area contributed by atoms with E-state index in [2.05, 4.69) is 114 Å². The van der Waals surface area contributed by atoms with Crippen molar-refractivity contribution in [3.05, 3.63) is 60.7 Å². The van der Waals surface area contributed by atoms with E-state index in [0.717, 1.165) is 23.4 Å². The van der Waals surface area contributed by atoms with Gasteiger partial charge in [0.05, 0.1) is 13.2 Å². The zero-order chi connectivity index (χ0) is 37.3. The quantitative estimate of drug-likeness (QED) is 0.0662. The molecule has 1 saturated heterocycles. The summed E-state index contributed by atoms with van der Waals surface area (Å²) in [5.74, 6) is 0. The second-order valence-electron chi connectivity index (χ2n) is 15.7. The van der Waals surface area contributed by atoms with Crippen LogP contribution in [0.3, 0.4) is 0 Å². The van der Waals surface area contributed by atoms with Crippen LogP contribution in [-0.2, 0) is 43.3 Å². The van der Waals surface area contributed by atoms with E-state index >= 15 is 0 Å². The van der Waals surface area contributed by atoms with Crippen LogP contribution in [-0.4, -0.2) is 107 Å². The van der Waals surface area contributed by atoms with E-state index in [9.17, 15) is 0 Å². The smallest absolute Gasteiger partial charge is 0.437 e. The van der Waals surface area contributed by atoms with Gasteiger partial charge in [0.15, 0.2) is 16.6 Å². The fourth-order valence-corrected chi connectivity index (χ4v) is 37.8. The molecule has 0 N–H and O–H groups in total. The zero-order valence-electron chi connectivity index (χ0n) is 32.9. The van der Waals surface area contributed by atoms with Crippen LogP contribution < -0.4 is 10.4 Å². The highest BCUT2D eigenvalue weighted by Gasteiger charge is 2.55. The number of hydrogen-bond acceptors (Lipinski definition) is 10. The number of rotatable bonds is 24. The first kappa shape index (κ1) is 44.0. The fraction of sp³-hybridized carbons (Fsp3) is 0.636. The molecule has 0 radical (unpaired) electrons. The highest BCUT2D eigenvalue weighted by molar-refractivity contribution is 7.02. The Bertz CT molecular complexity index is 1240. The van der Waals surface area contributed by atoms with Gasteiger partial charge in [0.1, 0.15) is 6.10 Å². The monoisotopic (exact) mass is 816 g/mol. The van der Waals surface area contributed by atoms with Crippen molar-refractivity contribution < 1.29 is 43.3 Å². The van der Waals surface area contributed by atoms with Crippen LogP contribution in [0.1, 0.15) is 6.42 Å². The van der Waals surface area contributed by atoms with Crippen molar-refractivity contribution in [2.45, 2.75) is 96.1 Å². The number of benzene rings is 2. The van der Waals surface area contributed by atoms with Gasteiger partial charge in [-0.1, -0.05) is 60.7 Å². The average molecular weight is 817 g/mol. The molecule has 0 aliphatic carbocycles. The van der Waals surface area contributed by atoms with Gasteiger partial charge in [-0.15, -0.1) is 0 Å². The molecule has 50 heavy (non-hydrogen) atoms. The van der Waals surface area contributed by atoms with Crippen molar-refractivity contribution in [1.82, 2.24) is 0 Å². The summed E-state index contributed by atoms with van der Waals surface area (Å²) < 4.78 is 65.4. The van der Waals surface area contributed by atoms with E-state index in [1.807, 2.05) is 12.1 Å². The first-order valence-electron chi connectivity index (χ1n) is 17.7. The second kappa shape index (κ2) is 18.3. The lowest BCUT2D eigenvalue weighted by molar-refractivity contribution is 0.115. The second-order valence-corrected chi connectivity index (χ2v) is 42.0. The zero-order valence-corrected chi connectivity index (χ0v) is 39.9. The molecule has 0 aromatic heterocycles. The molecular formula is C33H64O10Si7. The Hall–Kier alpha value is -0.442. The Morgan fingerprint density at radius 1 is 0.580 bits per heavy atom. The van der Waals surface area contributed by atoms with Crippen LogP contribution in [0.4, 0.5) is 0 Å². The minimum absolute atomic E-state index is 0.220. The third kappa shape index (κ3) is 14.1. The van der Waals surface area contributed by atoms with Gasteiger partial charge in [-0.2, -0.15) is 0 Å². The Balaban J connectivity index is 2.05. The lowest BCUT2D eigenvalue weighted by Crippen LogP contribution is -2.72. The molecule has 0 saturated carbocycles. The van der Waals surface area contributed by atoms with Crippen molar-refractivity contribution in [2.24, 2.45) is 0 Å². The summed E-state index contributed by atoms with van der Waals surface area (Å²) in [5, 5.41) is 2.14. The van der Waals surface area contributed by atoms with Gasteiger partial charge in [0, 0.05) is 34.0 Å². The minimum Gasteiger partial charge on any atom is -0.437 e. The summed E-state index contributed by atoms with van der Waals surface area (Å²) in [6, 6.07) is 22.9. The Kier molecular flexibility index (Phi) is 16.1. The molecule has 2 aromatic rings. The largest absolute Gasteiger partial charge is 0.500 e. The molecule has 3 rings (SSSR count). The topological polar surface area (TPSA) is 95.6 Å². The summed E-state index contributed by atoms with van der Waals surface area (Å²) in [5.41, 5.74) is 0. The van der Waals surface area contributed by atoms with Gasteiger partial charge in [-0.05, 0) is 94.4 Å². The number of hydrogen-bond donors (Lipinski definition) is 0. The molecule has 0 spiro atoms. The van der Waals surface area contributed by atoms with Crippen LogP contribution in [0, 0.1) is 0 Å². The number of ether oxygens (including phenoxy) is 2. The van der Waals surface area contributed by atoms with Crippen molar-refractivity contribution in [1.29, 1.82) is 0 Å². The van der Waals surface area contributed by atoms with Crippen LogP contribution in [0.5, 0.6) is 0 Å². The van der Waals surface area contributed by atoms with Crippen LogP contribution in [0.25, 0.3) is 0 Å². The lowest BCUT2D eigenvalue weighted by atomic mass is 10.4. The summed E-state index contributed by atoms with van der Waals surface area (Å²) in [7, 11) is -14.3. The maximum atomic E-state index is 7.70. The Morgan fingerprint density at radius 2 is 1.04 bits per heavy atom. The van der Waals surface area contributed by atoms with E-state index in [-0.39, 0.29) is 6.10 Å². The fourth-order valence-electron chi connectivity index (χ4n) is 6.24. The standard InChI is InChI=1S/C33H64O10Si7/c1-34-49(35-2,36-3)28-27-48(13,39-44(4,5)6)42-46(10,11)41-47(12,26-20-25-37-29-31-30-38-31)43-50(40-45(7,8)9,32-21-16-14-17-22-32)33-23-18-15-19-24-33/h14-19,21-24,31H,20,25-30H2,1-13H3. The normalized spacial score (nSPS) is 18.5. The molecule has 3 atom stereocenters. The molecule has 1 aliphatic rings. The minimum atomic E-state index is -3.30. The molecule has 1 aliphatic heterocycles. The summed E-state index contributed by atoms with van der Waals surface area (Å²) in [6.45, 7) is 23.9.